The molecule has 9 nitrogen and oxygen atoms in total. The number of aldehydes is 1. The van der Waals surface area contributed by atoms with Crippen LogP contribution in [0.2, 0.25) is 0 Å². The van der Waals surface area contributed by atoms with Crippen LogP contribution in [0.4, 0.5) is 5.69 Å². The number of likely N-dealkylation sites (tertiary alicyclic amines) is 1. The number of rotatable bonds is 8. The number of nitrogens with zero attached hydrogens (tertiary/aromatic N) is 4. The second-order valence-electron chi connectivity index (χ2n) is 8.68. The van der Waals surface area contributed by atoms with Crippen molar-refractivity contribution in [3.05, 3.63) is 77.9 Å². The molecule has 1 N–H and O–H groups in total. The van der Waals surface area contributed by atoms with Crippen molar-refractivity contribution in [2.45, 2.75) is 31.6 Å². The molecule has 1 aliphatic rings. The number of benzene rings is 2. The van der Waals surface area contributed by atoms with Gasteiger partial charge in [-0.05, 0) is 48.2 Å². The van der Waals surface area contributed by atoms with Gasteiger partial charge in [0.1, 0.15) is 24.6 Å². The molecule has 2 aromatic carbocycles. The number of likely N-dealkylation sites (N-methyl/N-ethyl adjacent to an activating group) is 1. The molecule has 0 spiro atoms. The van der Waals surface area contributed by atoms with Crippen molar-refractivity contribution in [2.75, 3.05) is 18.9 Å². The van der Waals surface area contributed by atoms with Crippen LogP contribution in [0.15, 0.2) is 61.2 Å². The molecule has 1 saturated heterocycles. The van der Waals surface area contributed by atoms with Crippen LogP contribution in [0.3, 0.4) is 0 Å². The number of amides is 2. The smallest absolute Gasteiger partial charge is 0.274 e. The van der Waals surface area contributed by atoms with Gasteiger partial charge in [-0.2, -0.15) is 5.10 Å². The van der Waals surface area contributed by atoms with E-state index in [0.717, 1.165) is 31.4 Å². The summed E-state index contributed by atoms with van der Waals surface area (Å²) >= 11 is 0. The minimum atomic E-state index is -0.438. The molecular weight excluding hydrogens is 458 g/mol. The van der Waals surface area contributed by atoms with E-state index in [2.05, 4.69) is 15.4 Å². The molecule has 1 aromatic heterocycles. The van der Waals surface area contributed by atoms with Gasteiger partial charge in [0, 0.05) is 24.8 Å². The van der Waals surface area contributed by atoms with Gasteiger partial charge in [0.25, 0.3) is 5.91 Å². The standard InChI is InChI=1S/C27H27N5O4/c1-31-12-3-2-10-23(27(31)36)20-7-5-9-22(16-20)30-26(35)24(32-18-28-17-29-32)15-19-6-4-8-21(14-19)25(34)11-13-33/h4-9,13-18,23H,2-3,10-12H2,1H3,(H,30,35)/b24-15-. The number of carbonyl (C=O) groups is 4. The molecule has 2 heterocycles. The Balaban J connectivity index is 1.61. The molecule has 0 bridgehead atoms. The number of hydrogen-bond acceptors (Lipinski definition) is 6. The minimum Gasteiger partial charge on any atom is -0.345 e. The predicted octanol–water partition coefficient (Wildman–Crippen LogP) is 3.41. The molecule has 1 aliphatic heterocycles. The summed E-state index contributed by atoms with van der Waals surface area (Å²) in [5, 5.41) is 6.99. The van der Waals surface area contributed by atoms with E-state index in [1.807, 2.05) is 25.2 Å². The molecule has 4 rings (SSSR count). The third-order valence-corrected chi connectivity index (χ3v) is 6.14. The summed E-state index contributed by atoms with van der Waals surface area (Å²) in [6, 6.07) is 14.0. The first kappa shape index (κ1) is 24.7. The summed E-state index contributed by atoms with van der Waals surface area (Å²) < 4.78 is 1.34. The van der Waals surface area contributed by atoms with Crippen molar-refractivity contribution >= 4 is 41.3 Å². The average Bonchev–Trinajstić information content (AvgIpc) is 3.36. The Kier molecular flexibility index (Phi) is 7.79. The lowest BCUT2D eigenvalue weighted by atomic mass is 9.93. The third kappa shape index (κ3) is 5.80. The first-order valence-electron chi connectivity index (χ1n) is 11.8. The third-order valence-electron chi connectivity index (χ3n) is 6.14. The van der Waals surface area contributed by atoms with E-state index in [-0.39, 0.29) is 29.7 Å². The molecule has 0 aliphatic carbocycles. The molecule has 36 heavy (non-hydrogen) atoms. The van der Waals surface area contributed by atoms with Gasteiger partial charge in [0.2, 0.25) is 5.91 Å². The molecule has 1 fully saturated rings. The van der Waals surface area contributed by atoms with Gasteiger partial charge in [-0.1, -0.05) is 36.8 Å². The average molecular weight is 486 g/mol. The maximum absolute atomic E-state index is 13.3. The van der Waals surface area contributed by atoms with Crippen LogP contribution in [-0.2, 0) is 14.4 Å². The van der Waals surface area contributed by atoms with E-state index in [0.29, 0.717) is 23.1 Å². The van der Waals surface area contributed by atoms with Gasteiger partial charge in [-0.15, -0.1) is 0 Å². The first-order chi connectivity index (χ1) is 17.5. The van der Waals surface area contributed by atoms with Crippen LogP contribution >= 0.6 is 0 Å². The highest BCUT2D eigenvalue weighted by atomic mass is 16.2. The number of aromatic nitrogens is 3. The Labute approximate surface area is 208 Å². The van der Waals surface area contributed by atoms with Crippen molar-refractivity contribution in [2.24, 2.45) is 0 Å². The molecule has 1 atom stereocenters. The van der Waals surface area contributed by atoms with Crippen LogP contribution in [0.1, 0.15) is 53.1 Å². The zero-order valence-corrected chi connectivity index (χ0v) is 20.0. The van der Waals surface area contributed by atoms with E-state index in [4.69, 9.17) is 0 Å². The Morgan fingerprint density at radius 2 is 1.97 bits per heavy atom. The number of hydrogen-bond donors (Lipinski definition) is 1. The molecule has 184 valence electrons. The van der Waals surface area contributed by atoms with Crippen LogP contribution in [0.25, 0.3) is 11.8 Å². The fourth-order valence-corrected chi connectivity index (χ4v) is 4.26. The van der Waals surface area contributed by atoms with Crippen LogP contribution in [0, 0.1) is 0 Å². The normalized spacial score (nSPS) is 16.4. The van der Waals surface area contributed by atoms with Gasteiger partial charge >= 0.3 is 0 Å². The Morgan fingerprint density at radius 1 is 1.14 bits per heavy atom. The van der Waals surface area contributed by atoms with Gasteiger partial charge < -0.3 is 15.0 Å². The number of nitrogens with one attached hydrogen (secondary N) is 1. The second kappa shape index (κ2) is 11.4. The summed E-state index contributed by atoms with van der Waals surface area (Å²) in [5.41, 5.74) is 2.56. The highest BCUT2D eigenvalue weighted by Crippen LogP contribution is 2.29. The zero-order valence-electron chi connectivity index (χ0n) is 20.0. The topological polar surface area (TPSA) is 114 Å². The molecule has 3 aromatic rings. The Bertz CT molecular complexity index is 1300. The van der Waals surface area contributed by atoms with Crippen LogP contribution in [0.5, 0.6) is 0 Å². The minimum absolute atomic E-state index is 0.0863. The van der Waals surface area contributed by atoms with Gasteiger partial charge in [0.05, 0.1) is 12.3 Å². The highest BCUT2D eigenvalue weighted by molar-refractivity contribution is 6.24. The monoisotopic (exact) mass is 485 g/mol. The predicted molar refractivity (Wildman–Crippen MR) is 135 cm³/mol. The lowest BCUT2D eigenvalue weighted by molar-refractivity contribution is -0.131. The summed E-state index contributed by atoms with van der Waals surface area (Å²) in [6.07, 6.45) is 7.38. The number of carbonyl (C=O) groups excluding carboxylic acids is 4. The SMILES string of the molecule is CN1CCCCC(c2cccc(NC(=O)/C(=C/c3cccc(C(=O)CC=O)c3)n3cncn3)c2)C1=O. The van der Waals surface area contributed by atoms with Crippen LogP contribution < -0.4 is 5.32 Å². The van der Waals surface area contributed by atoms with Crippen LogP contribution in [-0.4, -0.2) is 57.1 Å². The molecule has 2 amide bonds. The summed E-state index contributed by atoms with van der Waals surface area (Å²) in [7, 11) is 1.82. The number of Topliss-reactive ketones (excluding diaryl/α,β-unsaturated/α-hetero) is 1. The van der Waals surface area contributed by atoms with E-state index in [1.165, 1.54) is 17.3 Å². The maximum atomic E-state index is 13.3. The molecule has 9 heteroatoms. The van der Waals surface area contributed by atoms with Crippen molar-refractivity contribution in [1.82, 2.24) is 19.7 Å². The molecular formula is C27H27N5O4. The first-order valence-corrected chi connectivity index (χ1v) is 11.8. The quantitative estimate of drug-likeness (QED) is 0.226. The Hall–Kier alpha value is -4.40. The lowest BCUT2D eigenvalue weighted by Gasteiger charge is -2.20. The Morgan fingerprint density at radius 3 is 2.75 bits per heavy atom. The fourth-order valence-electron chi connectivity index (χ4n) is 4.26. The second-order valence-corrected chi connectivity index (χ2v) is 8.68. The van der Waals surface area contributed by atoms with E-state index in [1.54, 1.807) is 41.3 Å². The number of anilines is 1. The summed E-state index contributed by atoms with van der Waals surface area (Å²) in [4.78, 5) is 54.7. The summed E-state index contributed by atoms with van der Waals surface area (Å²) in [5.74, 6) is -0.899. The van der Waals surface area contributed by atoms with Gasteiger partial charge in [-0.25, -0.2) is 9.67 Å². The lowest BCUT2D eigenvalue weighted by Crippen LogP contribution is -2.30. The van der Waals surface area contributed by atoms with Gasteiger partial charge in [-0.3, -0.25) is 14.4 Å². The van der Waals surface area contributed by atoms with Crippen molar-refractivity contribution in [3.8, 4) is 0 Å². The van der Waals surface area contributed by atoms with Crippen molar-refractivity contribution in [1.29, 1.82) is 0 Å². The number of ketones is 1. The van der Waals surface area contributed by atoms with Gasteiger partial charge in [0.15, 0.2) is 5.78 Å². The fraction of sp³-hybridized carbons (Fsp3) is 0.259. The van der Waals surface area contributed by atoms with Crippen molar-refractivity contribution < 1.29 is 19.2 Å². The molecule has 1 unspecified atom stereocenters. The maximum Gasteiger partial charge on any atom is 0.274 e. The zero-order chi connectivity index (χ0) is 25.5. The van der Waals surface area contributed by atoms with E-state index < -0.39 is 5.91 Å². The highest BCUT2D eigenvalue weighted by Gasteiger charge is 2.26. The van der Waals surface area contributed by atoms with E-state index in [9.17, 15) is 19.2 Å². The van der Waals surface area contributed by atoms with Crippen molar-refractivity contribution in [3.63, 3.8) is 0 Å². The molecule has 0 radical (unpaired) electrons. The summed E-state index contributed by atoms with van der Waals surface area (Å²) in [6.45, 7) is 0.750. The largest absolute Gasteiger partial charge is 0.345 e. The molecule has 0 saturated carbocycles. The van der Waals surface area contributed by atoms with E-state index >= 15 is 0 Å².